The molecule has 0 saturated heterocycles. The first-order valence-electron chi connectivity index (χ1n) is 14.9. The van der Waals surface area contributed by atoms with Crippen LogP contribution in [-0.4, -0.2) is 77.1 Å². The highest BCUT2D eigenvalue weighted by Crippen LogP contribution is 2.33. The van der Waals surface area contributed by atoms with Gasteiger partial charge in [-0.3, -0.25) is 0 Å². The van der Waals surface area contributed by atoms with Gasteiger partial charge in [-0.15, -0.1) is 0 Å². The SMILES string of the molecule is SCCC[Si](CCCS)(CCCS)CCCOCCCOCCC[Si](CCCS)(CCCS)CCCS. The van der Waals surface area contributed by atoms with Crippen LogP contribution in [0.3, 0.4) is 0 Å². The Morgan fingerprint density at radius 3 is 0.757 bits per heavy atom. The topological polar surface area (TPSA) is 18.5 Å². The first-order valence-corrected chi connectivity index (χ1v) is 24.3. The molecule has 0 aromatic carbocycles. The lowest BCUT2D eigenvalue weighted by atomic mass is 10.4. The molecular weight excluding hydrogens is 605 g/mol. The third-order valence-corrected chi connectivity index (χ3v) is 21.0. The molecular formula is C27H60O2S6Si2. The van der Waals surface area contributed by atoms with E-state index in [-0.39, 0.29) is 0 Å². The van der Waals surface area contributed by atoms with Crippen molar-refractivity contribution in [3.05, 3.63) is 0 Å². The summed E-state index contributed by atoms with van der Waals surface area (Å²) in [4.78, 5) is 0. The lowest BCUT2D eigenvalue weighted by Crippen LogP contribution is -2.34. The van der Waals surface area contributed by atoms with Crippen molar-refractivity contribution in [1.82, 2.24) is 0 Å². The van der Waals surface area contributed by atoms with Crippen LogP contribution in [0.5, 0.6) is 0 Å². The summed E-state index contributed by atoms with van der Waals surface area (Å²) >= 11 is 27.0. The van der Waals surface area contributed by atoms with E-state index in [4.69, 9.17) is 9.47 Å². The summed E-state index contributed by atoms with van der Waals surface area (Å²) < 4.78 is 12.0. The summed E-state index contributed by atoms with van der Waals surface area (Å²) in [5.41, 5.74) is 0. The van der Waals surface area contributed by atoms with Gasteiger partial charge in [0.25, 0.3) is 0 Å². The highest BCUT2D eigenvalue weighted by atomic mass is 32.1. The van der Waals surface area contributed by atoms with Gasteiger partial charge in [-0.2, -0.15) is 75.8 Å². The van der Waals surface area contributed by atoms with Gasteiger partial charge in [-0.1, -0.05) is 48.4 Å². The first-order chi connectivity index (χ1) is 18.1. The van der Waals surface area contributed by atoms with Crippen LogP contribution in [0.15, 0.2) is 0 Å². The van der Waals surface area contributed by atoms with Gasteiger partial charge in [0.15, 0.2) is 0 Å². The van der Waals surface area contributed by atoms with Crippen LogP contribution in [0.4, 0.5) is 0 Å². The molecule has 37 heavy (non-hydrogen) atoms. The molecule has 0 bridgehead atoms. The average molecular weight is 665 g/mol. The highest BCUT2D eigenvalue weighted by Gasteiger charge is 2.31. The fraction of sp³-hybridized carbons (Fsp3) is 1.00. The molecule has 0 radical (unpaired) electrons. The second-order valence-corrected chi connectivity index (χ2v) is 23.4. The predicted octanol–water partition coefficient (Wildman–Crippen LogP) is 9.01. The van der Waals surface area contributed by atoms with Crippen molar-refractivity contribution in [2.75, 3.05) is 60.9 Å². The standard InChI is InChI=1S/C27H60O2S6Si2/c30-14-4-22-36(23-5-15-31,24-6-16-32)20-2-12-28-10-1-11-29-13-3-21-37(25-7-17-33,26-8-18-34)27-9-19-35/h30-35H,1-27H2. The number of rotatable bonds is 30. The van der Waals surface area contributed by atoms with E-state index in [1.54, 1.807) is 0 Å². The lowest BCUT2D eigenvalue weighted by Gasteiger charge is -2.32. The summed E-state index contributed by atoms with van der Waals surface area (Å²) in [5.74, 6) is 6.07. The van der Waals surface area contributed by atoms with Crippen LogP contribution in [0.25, 0.3) is 0 Å². The zero-order valence-corrected chi connectivity index (χ0v) is 31.0. The Hall–Kier alpha value is 2.45. The number of hydrogen-bond donors (Lipinski definition) is 6. The maximum Gasteiger partial charge on any atom is 0.0537 e. The Morgan fingerprint density at radius 1 is 0.297 bits per heavy atom. The van der Waals surface area contributed by atoms with Gasteiger partial charge in [0.05, 0.1) is 16.1 Å². The Bertz CT molecular complexity index is 397. The van der Waals surface area contributed by atoms with Crippen LogP contribution in [-0.2, 0) is 9.47 Å². The van der Waals surface area contributed by atoms with Crippen molar-refractivity contribution in [1.29, 1.82) is 0 Å². The molecule has 0 heterocycles. The minimum absolute atomic E-state index is 0.822. The molecule has 0 aromatic heterocycles. The van der Waals surface area contributed by atoms with Crippen LogP contribution in [0.2, 0.25) is 48.4 Å². The Labute approximate surface area is 266 Å². The van der Waals surface area contributed by atoms with Crippen molar-refractivity contribution in [3.8, 4) is 0 Å². The maximum atomic E-state index is 6.02. The van der Waals surface area contributed by atoms with E-state index in [2.05, 4.69) is 75.8 Å². The van der Waals surface area contributed by atoms with E-state index in [9.17, 15) is 0 Å². The monoisotopic (exact) mass is 664 g/mol. The van der Waals surface area contributed by atoms with Crippen LogP contribution in [0, 0.1) is 0 Å². The third kappa shape index (κ3) is 21.8. The molecule has 0 spiro atoms. The molecule has 0 unspecified atom stereocenters. The number of ether oxygens (including phenoxy) is 2. The first kappa shape index (κ1) is 39.5. The lowest BCUT2D eigenvalue weighted by molar-refractivity contribution is 0.0830. The van der Waals surface area contributed by atoms with Gasteiger partial charge < -0.3 is 9.47 Å². The smallest absolute Gasteiger partial charge is 0.0537 e. The minimum Gasteiger partial charge on any atom is -0.381 e. The van der Waals surface area contributed by atoms with Gasteiger partial charge >= 0.3 is 0 Å². The summed E-state index contributed by atoms with van der Waals surface area (Å²) in [6.45, 7) is 3.44. The minimum atomic E-state index is -1.25. The zero-order valence-electron chi connectivity index (χ0n) is 23.6. The summed E-state index contributed by atoms with van der Waals surface area (Å²) in [5, 5.41) is 0. The van der Waals surface area contributed by atoms with Gasteiger partial charge in [-0.25, -0.2) is 0 Å². The maximum absolute atomic E-state index is 6.02. The Kier molecular flexibility index (Phi) is 30.5. The Balaban J connectivity index is 4.22. The molecule has 0 aliphatic heterocycles. The molecule has 0 fully saturated rings. The Morgan fingerprint density at radius 2 is 0.514 bits per heavy atom. The van der Waals surface area contributed by atoms with E-state index >= 15 is 0 Å². The molecule has 2 nitrogen and oxygen atoms in total. The van der Waals surface area contributed by atoms with E-state index in [1.807, 2.05) is 0 Å². The summed E-state index contributed by atoms with van der Waals surface area (Å²) in [6, 6.07) is 11.2. The van der Waals surface area contributed by atoms with Crippen LogP contribution >= 0.6 is 75.8 Å². The molecule has 0 rings (SSSR count). The van der Waals surface area contributed by atoms with Gasteiger partial charge in [0.2, 0.25) is 0 Å². The van der Waals surface area contributed by atoms with Crippen molar-refractivity contribution in [2.24, 2.45) is 0 Å². The second-order valence-electron chi connectivity index (χ2n) is 10.7. The van der Waals surface area contributed by atoms with Gasteiger partial charge in [-0.05, 0) is 92.3 Å². The van der Waals surface area contributed by atoms with E-state index in [0.29, 0.717) is 0 Å². The largest absolute Gasteiger partial charge is 0.381 e. The quantitative estimate of drug-likeness (QED) is 0.0262. The van der Waals surface area contributed by atoms with Crippen molar-refractivity contribution in [3.63, 3.8) is 0 Å². The highest BCUT2D eigenvalue weighted by molar-refractivity contribution is 7.81. The van der Waals surface area contributed by atoms with Crippen LogP contribution < -0.4 is 0 Å². The van der Waals surface area contributed by atoms with Gasteiger partial charge in [0.1, 0.15) is 0 Å². The molecule has 0 aromatic rings. The second kappa shape index (κ2) is 28.6. The molecule has 0 N–H and O–H groups in total. The average Bonchev–Trinajstić information content (AvgIpc) is 2.92. The fourth-order valence-electron chi connectivity index (χ4n) is 5.79. The fourth-order valence-corrected chi connectivity index (χ4v) is 18.9. The van der Waals surface area contributed by atoms with Crippen molar-refractivity contribution in [2.45, 2.75) is 106 Å². The number of hydrogen-bond acceptors (Lipinski definition) is 8. The molecule has 0 atom stereocenters. The molecule has 224 valence electrons. The van der Waals surface area contributed by atoms with E-state index < -0.39 is 16.1 Å². The molecule has 0 aliphatic rings. The normalized spacial score (nSPS) is 12.5. The molecule has 0 saturated carbocycles. The third-order valence-electron chi connectivity index (χ3n) is 7.76. The molecule has 0 amide bonds. The predicted molar refractivity (Wildman–Crippen MR) is 196 cm³/mol. The van der Waals surface area contributed by atoms with Crippen LogP contribution in [0.1, 0.15) is 57.8 Å². The molecule has 0 aliphatic carbocycles. The van der Waals surface area contributed by atoms with Crippen molar-refractivity contribution < 1.29 is 9.47 Å². The van der Waals surface area contributed by atoms with E-state index in [0.717, 1.165) is 67.4 Å². The van der Waals surface area contributed by atoms with Gasteiger partial charge in [0, 0.05) is 26.4 Å². The number of thiol groups is 6. The van der Waals surface area contributed by atoms with E-state index in [1.165, 1.54) is 99.7 Å². The zero-order chi connectivity index (χ0) is 27.5. The summed E-state index contributed by atoms with van der Waals surface area (Å²) in [6.07, 6.45) is 11.0. The summed E-state index contributed by atoms with van der Waals surface area (Å²) in [7, 11) is -2.50. The molecule has 10 heteroatoms. The van der Waals surface area contributed by atoms with Crippen molar-refractivity contribution >= 4 is 91.9 Å².